The summed E-state index contributed by atoms with van der Waals surface area (Å²) < 4.78 is 12.8. The molecule has 2 rings (SSSR count). The standard InChI is InChI=1S/C17H17FN2O2/c1-12(21)14-3-2-4-16(9-14)19-11-17(22)20-10-13-5-7-15(18)8-6-13/h2-9,19H,10-11H2,1H3,(H,20,22). The van der Waals surface area contributed by atoms with Crippen LogP contribution in [0.25, 0.3) is 0 Å². The third kappa shape index (κ3) is 4.70. The van der Waals surface area contributed by atoms with Crippen LogP contribution in [0.1, 0.15) is 22.8 Å². The Hall–Kier alpha value is -2.69. The highest BCUT2D eigenvalue weighted by atomic mass is 19.1. The molecule has 0 saturated carbocycles. The normalized spacial score (nSPS) is 10.1. The zero-order valence-corrected chi connectivity index (χ0v) is 12.2. The predicted octanol–water partition coefficient (Wildman–Crippen LogP) is 2.76. The molecule has 1 amide bonds. The van der Waals surface area contributed by atoms with Crippen molar-refractivity contribution >= 4 is 17.4 Å². The van der Waals surface area contributed by atoms with E-state index in [0.717, 1.165) is 5.56 Å². The summed E-state index contributed by atoms with van der Waals surface area (Å²) in [7, 11) is 0. The minimum atomic E-state index is -0.304. The van der Waals surface area contributed by atoms with Crippen molar-refractivity contribution < 1.29 is 14.0 Å². The van der Waals surface area contributed by atoms with E-state index >= 15 is 0 Å². The van der Waals surface area contributed by atoms with Gasteiger partial charge in [0.05, 0.1) is 6.54 Å². The predicted molar refractivity (Wildman–Crippen MR) is 83.2 cm³/mol. The second-order valence-corrected chi connectivity index (χ2v) is 4.89. The van der Waals surface area contributed by atoms with Gasteiger partial charge in [0.25, 0.3) is 0 Å². The van der Waals surface area contributed by atoms with Gasteiger partial charge in [0, 0.05) is 17.8 Å². The van der Waals surface area contributed by atoms with Gasteiger partial charge < -0.3 is 10.6 Å². The van der Waals surface area contributed by atoms with E-state index in [2.05, 4.69) is 10.6 Å². The topological polar surface area (TPSA) is 58.2 Å². The van der Waals surface area contributed by atoms with Gasteiger partial charge in [-0.1, -0.05) is 24.3 Å². The van der Waals surface area contributed by atoms with Gasteiger partial charge in [-0.15, -0.1) is 0 Å². The van der Waals surface area contributed by atoms with Gasteiger partial charge in [-0.2, -0.15) is 0 Å². The summed E-state index contributed by atoms with van der Waals surface area (Å²) in [5.74, 6) is -0.510. The monoisotopic (exact) mass is 300 g/mol. The zero-order chi connectivity index (χ0) is 15.9. The number of Topliss-reactive ketones (excluding diaryl/α,β-unsaturated/α-hetero) is 1. The Morgan fingerprint density at radius 3 is 2.50 bits per heavy atom. The van der Waals surface area contributed by atoms with Crippen LogP contribution in [0.3, 0.4) is 0 Å². The molecule has 0 unspecified atom stereocenters. The lowest BCUT2D eigenvalue weighted by Gasteiger charge is -2.08. The van der Waals surface area contributed by atoms with Crippen LogP contribution in [0.2, 0.25) is 0 Å². The molecule has 0 aliphatic carbocycles. The number of nitrogens with one attached hydrogen (secondary N) is 2. The van der Waals surface area contributed by atoms with Crippen molar-refractivity contribution in [2.24, 2.45) is 0 Å². The molecule has 0 aromatic heterocycles. The molecule has 0 aliphatic rings. The van der Waals surface area contributed by atoms with Gasteiger partial charge >= 0.3 is 0 Å². The fourth-order valence-electron chi connectivity index (χ4n) is 1.90. The van der Waals surface area contributed by atoms with Crippen LogP contribution in [-0.2, 0) is 11.3 Å². The molecule has 0 saturated heterocycles. The summed E-state index contributed by atoms with van der Waals surface area (Å²) in [4.78, 5) is 23.0. The molecule has 0 radical (unpaired) electrons. The molecule has 2 aromatic rings. The van der Waals surface area contributed by atoms with Crippen molar-refractivity contribution in [2.45, 2.75) is 13.5 Å². The van der Waals surface area contributed by atoms with Crippen molar-refractivity contribution in [2.75, 3.05) is 11.9 Å². The van der Waals surface area contributed by atoms with E-state index in [1.54, 1.807) is 36.4 Å². The molecule has 0 heterocycles. The molecular formula is C17H17FN2O2. The molecule has 114 valence electrons. The number of anilines is 1. The van der Waals surface area contributed by atoms with Gasteiger partial charge in [-0.3, -0.25) is 9.59 Å². The number of ketones is 1. The van der Waals surface area contributed by atoms with Gasteiger partial charge in [0.2, 0.25) is 5.91 Å². The first kappa shape index (κ1) is 15.7. The van der Waals surface area contributed by atoms with E-state index in [1.165, 1.54) is 19.1 Å². The maximum absolute atomic E-state index is 12.8. The Labute approximate surface area is 128 Å². The van der Waals surface area contributed by atoms with Crippen LogP contribution in [-0.4, -0.2) is 18.2 Å². The number of rotatable bonds is 6. The van der Waals surface area contributed by atoms with E-state index in [0.29, 0.717) is 17.8 Å². The fourth-order valence-corrected chi connectivity index (χ4v) is 1.90. The van der Waals surface area contributed by atoms with Crippen LogP contribution in [0.5, 0.6) is 0 Å². The largest absolute Gasteiger partial charge is 0.376 e. The molecule has 0 aliphatic heterocycles. The highest BCUT2D eigenvalue weighted by Crippen LogP contribution is 2.10. The number of benzene rings is 2. The molecule has 0 fully saturated rings. The Bertz CT molecular complexity index is 669. The summed E-state index contributed by atoms with van der Waals surface area (Å²) in [6, 6.07) is 12.9. The summed E-state index contributed by atoms with van der Waals surface area (Å²) in [5.41, 5.74) is 2.13. The first-order chi connectivity index (χ1) is 10.5. The lowest BCUT2D eigenvalue weighted by atomic mass is 10.1. The zero-order valence-electron chi connectivity index (χ0n) is 12.2. The van der Waals surface area contributed by atoms with Gasteiger partial charge in [-0.05, 0) is 36.8 Å². The number of carbonyl (C=O) groups is 2. The summed E-state index contributed by atoms with van der Waals surface area (Å²) in [6.45, 7) is 1.94. The van der Waals surface area contributed by atoms with Crippen LogP contribution in [0.15, 0.2) is 48.5 Å². The smallest absolute Gasteiger partial charge is 0.239 e. The average molecular weight is 300 g/mol. The maximum Gasteiger partial charge on any atom is 0.239 e. The highest BCUT2D eigenvalue weighted by molar-refractivity contribution is 5.95. The van der Waals surface area contributed by atoms with E-state index in [-0.39, 0.29) is 24.1 Å². The number of amides is 1. The number of hydrogen-bond donors (Lipinski definition) is 2. The first-order valence-corrected chi connectivity index (χ1v) is 6.90. The van der Waals surface area contributed by atoms with Crippen molar-refractivity contribution in [3.8, 4) is 0 Å². The minimum absolute atomic E-state index is 0.0237. The maximum atomic E-state index is 12.8. The van der Waals surface area contributed by atoms with Crippen LogP contribution in [0, 0.1) is 5.82 Å². The number of halogens is 1. The van der Waals surface area contributed by atoms with E-state index < -0.39 is 0 Å². The summed E-state index contributed by atoms with van der Waals surface area (Å²) in [6.07, 6.45) is 0. The molecule has 4 nitrogen and oxygen atoms in total. The van der Waals surface area contributed by atoms with Crippen LogP contribution >= 0.6 is 0 Å². The quantitative estimate of drug-likeness (QED) is 0.807. The fraction of sp³-hybridized carbons (Fsp3) is 0.176. The van der Waals surface area contributed by atoms with Crippen LogP contribution in [0.4, 0.5) is 10.1 Å². The Kier molecular flexibility index (Phi) is 5.25. The molecule has 0 bridgehead atoms. The lowest BCUT2D eigenvalue weighted by molar-refractivity contribution is -0.119. The van der Waals surface area contributed by atoms with E-state index in [4.69, 9.17) is 0 Å². The van der Waals surface area contributed by atoms with Crippen molar-refractivity contribution in [1.29, 1.82) is 0 Å². The summed E-state index contributed by atoms with van der Waals surface area (Å²) in [5, 5.41) is 5.70. The number of hydrogen-bond acceptors (Lipinski definition) is 3. The Morgan fingerprint density at radius 2 is 1.82 bits per heavy atom. The Balaban J connectivity index is 1.81. The first-order valence-electron chi connectivity index (χ1n) is 6.90. The van der Waals surface area contributed by atoms with Gasteiger partial charge in [0.1, 0.15) is 5.82 Å². The van der Waals surface area contributed by atoms with Gasteiger partial charge in [0.15, 0.2) is 5.78 Å². The molecule has 2 aromatic carbocycles. The molecule has 2 N–H and O–H groups in total. The number of carbonyl (C=O) groups excluding carboxylic acids is 2. The Morgan fingerprint density at radius 1 is 1.09 bits per heavy atom. The molecule has 5 heteroatoms. The van der Waals surface area contributed by atoms with Gasteiger partial charge in [-0.25, -0.2) is 4.39 Å². The SMILES string of the molecule is CC(=O)c1cccc(NCC(=O)NCc2ccc(F)cc2)c1. The van der Waals surface area contributed by atoms with Crippen LogP contribution < -0.4 is 10.6 Å². The lowest BCUT2D eigenvalue weighted by Crippen LogP contribution is -2.29. The second-order valence-electron chi connectivity index (χ2n) is 4.89. The average Bonchev–Trinajstić information content (AvgIpc) is 2.52. The molecule has 0 spiro atoms. The third-order valence-corrected chi connectivity index (χ3v) is 3.13. The second kappa shape index (κ2) is 7.36. The van der Waals surface area contributed by atoms with E-state index in [9.17, 15) is 14.0 Å². The molecular weight excluding hydrogens is 283 g/mol. The minimum Gasteiger partial charge on any atom is -0.376 e. The molecule has 22 heavy (non-hydrogen) atoms. The van der Waals surface area contributed by atoms with Crippen molar-refractivity contribution in [3.63, 3.8) is 0 Å². The summed E-state index contributed by atoms with van der Waals surface area (Å²) >= 11 is 0. The van der Waals surface area contributed by atoms with Crippen molar-refractivity contribution in [3.05, 3.63) is 65.5 Å². The molecule has 0 atom stereocenters. The van der Waals surface area contributed by atoms with Crippen molar-refractivity contribution in [1.82, 2.24) is 5.32 Å². The third-order valence-electron chi connectivity index (χ3n) is 3.13. The highest BCUT2D eigenvalue weighted by Gasteiger charge is 2.04. The van der Waals surface area contributed by atoms with E-state index in [1.807, 2.05) is 0 Å².